The van der Waals surface area contributed by atoms with Crippen molar-refractivity contribution >= 4 is 16.1 Å². The number of rotatable bonds is 7. The minimum atomic E-state index is -3.43. The van der Waals surface area contributed by atoms with Crippen molar-refractivity contribution in [2.75, 3.05) is 39.3 Å². The largest absolute Gasteiger partial charge is 0.368 e. The summed E-state index contributed by atoms with van der Waals surface area (Å²) < 4.78 is 28.1. The molecule has 1 aliphatic rings. The molecule has 1 aromatic rings. The van der Waals surface area contributed by atoms with Crippen molar-refractivity contribution in [2.45, 2.75) is 19.9 Å². The molecule has 2 N–H and O–H groups in total. The van der Waals surface area contributed by atoms with Crippen LogP contribution in [0.4, 0.5) is 0 Å². The number of nitrogens with zero attached hydrogens (tertiary/aromatic N) is 3. The predicted molar refractivity (Wildman–Crippen MR) is 93.4 cm³/mol. The molecular weight excluding hydrogens is 328 g/mol. The standard InChI is InChI=1S/C16H26N4O3S/c1-3-19(4-2)24(22,23)20-12-10-18(11-13-20)15(16(17)21)14-8-6-5-7-9-14/h5-9,15H,3-4,10-13H2,1-2H3,(H2,17,21). The lowest BCUT2D eigenvalue weighted by atomic mass is 10.0. The zero-order chi connectivity index (χ0) is 17.7. The summed E-state index contributed by atoms with van der Waals surface area (Å²) in [4.78, 5) is 13.9. The van der Waals surface area contributed by atoms with Crippen LogP contribution >= 0.6 is 0 Å². The van der Waals surface area contributed by atoms with E-state index in [1.165, 1.54) is 8.61 Å². The van der Waals surface area contributed by atoms with Crippen molar-refractivity contribution < 1.29 is 13.2 Å². The highest BCUT2D eigenvalue weighted by Gasteiger charge is 2.34. The number of carbonyl (C=O) groups excluding carboxylic acids is 1. The third-order valence-electron chi connectivity index (χ3n) is 4.38. The van der Waals surface area contributed by atoms with Crippen LogP contribution in [0.3, 0.4) is 0 Å². The molecule has 0 bridgehead atoms. The molecule has 1 saturated heterocycles. The Bertz CT molecular complexity index is 639. The van der Waals surface area contributed by atoms with Crippen LogP contribution in [0.25, 0.3) is 0 Å². The second-order valence-corrected chi connectivity index (χ2v) is 7.67. The Labute approximate surface area is 144 Å². The van der Waals surface area contributed by atoms with Gasteiger partial charge in [-0.25, -0.2) is 0 Å². The molecule has 1 atom stereocenters. The summed E-state index contributed by atoms with van der Waals surface area (Å²) in [6, 6.07) is 8.84. The number of carbonyl (C=O) groups is 1. The van der Waals surface area contributed by atoms with Crippen LogP contribution in [0, 0.1) is 0 Å². The van der Waals surface area contributed by atoms with Gasteiger partial charge in [0.05, 0.1) is 0 Å². The molecular formula is C16H26N4O3S. The van der Waals surface area contributed by atoms with E-state index in [4.69, 9.17) is 5.73 Å². The van der Waals surface area contributed by atoms with Crippen molar-refractivity contribution in [3.8, 4) is 0 Å². The van der Waals surface area contributed by atoms with Crippen molar-refractivity contribution in [3.05, 3.63) is 35.9 Å². The zero-order valence-electron chi connectivity index (χ0n) is 14.3. The lowest BCUT2D eigenvalue weighted by Gasteiger charge is -2.39. The van der Waals surface area contributed by atoms with Gasteiger partial charge in [0.1, 0.15) is 6.04 Å². The van der Waals surface area contributed by atoms with E-state index in [-0.39, 0.29) is 0 Å². The molecule has 0 aromatic heterocycles. The number of piperazine rings is 1. The molecule has 1 fully saturated rings. The SMILES string of the molecule is CCN(CC)S(=O)(=O)N1CCN(C(C(N)=O)c2ccccc2)CC1. The monoisotopic (exact) mass is 354 g/mol. The molecule has 8 heteroatoms. The average molecular weight is 354 g/mol. The first-order chi connectivity index (χ1) is 11.4. The van der Waals surface area contributed by atoms with Crippen LogP contribution in [0.15, 0.2) is 30.3 Å². The van der Waals surface area contributed by atoms with Gasteiger partial charge in [0.2, 0.25) is 5.91 Å². The molecule has 1 aromatic carbocycles. The topological polar surface area (TPSA) is 87.0 Å². The zero-order valence-corrected chi connectivity index (χ0v) is 15.1. The molecule has 134 valence electrons. The molecule has 1 unspecified atom stereocenters. The molecule has 0 aliphatic carbocycles. The highest BCUT2D eigenvalue weighted by atomic mass is 32.2. The Morgan fingerprint density at radius 3 is 2.12 bits per heavy atom. The number of hydrogen-bond acceptors (Lipinski definition) is 4. The summed E-state index contributed by atoms with van der Waals surface area (Å²) in [6.07, 6.45) is 0. The second-order valence-electron chi connectivity index (χ2n) is 5.74. The molecule has 24 heavy (non-hydrogen) atoms. The van der Waals surface area contributed by atoms with Crippen molar-refractivity contribution in [2.24, 2.45) is 5.73 Å². The Kier molecular flexibility index (Phi) is 6.34. The van der Waals surface area contributed by atoms with E-state index in [2.05, 4.69) is 0 Å². The molecule has 0 spiro atoms. The normalized spacial score (nSPS) is 18.6. The lowest BCUT2D eigenvalue weighted by Crippen LogP contribution is -2.54. The van der Waals surface area contributed by atoms with Crippen LogP contribution in [0.2, 0.25) is 0 Å². The summed E-state index contributed by atoms with van der Waals surface area (Å²) >= 11 is 0. The maximum atomic E-state index is 12.6. The number of nitrogens with two attached hydrogens (primary N) is 1. The second kappa shape index (κ2) is 8.06. The third kappa shape index (κ3) is 3.94. The lowest BCUT2D eigenvalue weighted by molar-refractivity contribution is -0.124. The van der Waals surface area contributed by atoms with E-state index in [0.717, 1.165) is 5.56 Å². The molecule has 7 nitrogen and oxygen atoms in total. The molecule has 0 radical (unpaired) electrons. The van der Waals surface area contributed by atoms with Gasteiger partial charge in [-0.2, -0.15) is 17.0 Å². The molecule has 1 amide bonds. The molecule has 1 heterocycles. The minimum absolute atomic E-state index is 0.357. The number of hydrogen-bond donors (Lipinski definition) is 1. The van der Waals surface area contributed by atoms with E-state index < -0.39 is 22.2 Å². The summed E-state index contributed by atoms with van der Waals surface area (Å²) in [6.45, 7) is 6.22. The smallest absolute Gasteiger partial charge is 0.282 e. The van der Waals surface area contributed by atoms with Gasteiger partial charge < -0.3 is 5.73 Å². The Hall–Kier alpha value is -1.48. The van der Waals surface area contributed by atoms with Crippen LogP contribution in [-0.4, -0.2) is 67.1 Å². The molecule has 1 aliphatic heterocycles. The first kappa shape index (κ1) is 18.9. The van der Waals surface area contributed by atoms with E-state index in [1.807, 2.05) is 49.1 Å². The molecule has 0 saturated carbocycles. The highest BCUT2D eigenvalue weighted by Crippen LogP contribution is 2.23. The van der Waals surface area contributed by atoms with E-state index >= 15 is 0 Å². The van der Waals surface area contributed by atoms with E-state index in [1.54, 1.807) is 0 Å². The van der Waals surface area contributed by atoms with Gasteiger partial charge in [0.15, 0.2) is 0 Å². The van der Waals surface area contributed by atoms with Gasteiger partial charge in [-0.05, 0) is 5.56 Å². The Balaban J connectivity index is 2.10. The summed E-state index contributed by atoms with van der Waals surface area (Å²) in [7, 11) is -3.43. The van der Waals surface area contributed by atoms with Crippen molar-refractivity contribution in [3.63, 3.8) is 0 Å². The summed E-state index contributed by atoms with van der Waals surface area (Å²) in [5, 5.41) is 0. The van der Waals surface area contributed by atoms with E-state index in [0.29, 0.717) is 39.3 Å². The van der Waals surface area contributed by atoms with Crippen LogP contribution in [0.1, 0.15) is 25.5 Å². The predicted octanol–water partition coefficient (Wildman–Crippen LogP) is 0.417. The minimum Gasteiger partial charge on any atom is -0.368 e. The highest BCUT2D eigenvalue weighted by molar-refractivity contribution is 7.86. The third-order valence-corrected chi connectivity index (χ3v) is 6.57. The van der Waals surface area contributed by atoms with Gasteiger partial charge in [-0.1, -0.05) is 44.2 Å². The quantitative estimate of drug-likeness (QED) is 0.769. The summed E-state index contributed by atoms with van der Waals surface area (Å²) in [5.41, 5.74) is 6.43. The van der Waals surface area contributed by atoms with Crippen LogP contribution in [0.5, 0.6) is 0 Å². The van der Waals surface area contributed by atoms with Crippen LogP contribution < -0.4 is 5.73 Å². The van der Waals surface area contributed by atoms with Gasteiger partial charge in [0.25, 0.3) is 10.2 Å². The first-order valence-corrected chi connectivity index (χ1v) is 9.65. The molecule has 2 rings (SSSR count). The fourth-order valence-electron chi connectivity index (χ4n) is 3.10. The van der Waals surface area contributed by atoms with Gasteiger partial charge in [-0.15, -0.1) is 0 Å². The maximum absolute atomic E-state index is 12.6. The van der Waals surface area contributed by atoms with Crippen LogP contribution in [-0.2, 0) is 15.0 Å². The number of primary amides is 1. The first-order valence-electron chi connectivity index (χ1n) is 8.25. The van der Waals surface area contributed by atoms with Gasteiger partial charge >= 0.3 is 0 Å². The van der Waals surface area contributed by atoms with Crippen molar-refractivity contribution in [1.82, 2.24) is 13.5 Å². The average Bonchev–Trinajstić information content (AvgIpc) is 2.57. The number of amides is 1. The summed E-state index contributed by atoms with van der Waals surface area (Å²) in [5.74, 6) is -0.416. The Morgan fingerprint density at radius 1 is 1.12 bits per heavy atom. The fraction of sp³-hybridized carbons (Fsp3) is 0.562. The van der Waals surface area contributed by atoms with Gasteiger partial charge in [0, 0.05) is 39.3 Å². The van der Waals surface area contributed by atoms with Gasteiger partial charge in [-0.3, -0.25) is 9.69 Å². The number of benzene rings is 1. The maximum Gasteiger partial charge on any atom is 0.282 e. The fourth-order valence-corrected chi connectivity index (χ4v) is 4.70. The van der Waals surface area contributed by atoms with E-state index in [9.17, 15) is 13.2 Å². The Morgan fingerprint density at radius 2 is 1.67 bits per heavy atom. The van der Waals surface area contributed by atoms with Crippen molar-refractivity contribution in [1.29, 1.82) is 0 Å².